The summed E-state index contributed by atoms with van der Waals surface area (Å²) in [6.45, 7) is 10.6. The SMILES string of the molecule is CCCNC(C)c1cc(F)c(C)cc1OCCOCCC. The fourth-order valence-electron chi connectivity index (χ4n) is 2.06. The first-order valence-electron chi connectivity index (χ1n) is 7.84. The molecule has 1 atom stereocenters. The second-order valence-electron chi connectivity index (χ2n) is 5.28. The third kappa shape index (κ3) is 6.02. The first-order chi connectivity index (χ1) is 10.1. The molecule has 0 radical (unpaired) electrons. The summed E-state index contributed by atoms with van der Waals surface area (Å²) < 4.78 is 25.0. The number of hydrogen-bond donors (Lipinski definition) is 1. The van der Waals surface area contributed by atoms with Crippen LogP contribution in [0.4, 0.5) is 4.39 Å². The number of halogens is 1. The second-order valence-corrected chi connectivity index (χ2v) is 5.28. The molecular weight excluding hydrogens is 269 g/mol. The van der Waals surface area contributed by atoms with Crippen LogP contribution in [0.25, 0.3) is 0 Å². The van der Waals surface area contributed by atoms with Crippen LogP contribution in [0.1, 0.15) is 50.8 Å². The van der Waals surface area contributed by atoms with E-state index < -0.39 is 0 Å². The number of benzene rings is 1. The van der Waals surface area contributed by atoms with Gasteiger partial charge in [0, 0.05) is 18.2 Å². The Hall–Kier alpha value is -1.13. The van der Waals surface area contributed by atoms with Gasteiger partial charge < -0.3 is 14.8 Å². The standard InChI is InChI=1S/C17H28FNO2/c1-5-7-19-14(4)15-12-16(18)13(3)11-17(15)21-10-9-20-8-6-2/h11-12,14,19H,5-10H2,1-4H3. The summed E-state index contributed by atoms with van der Waals surface area (Å²) in [6.07, 6.45) is 2.04. The van der Waals surface area contributed by atoms with Gasteiger partial charge in [-0.15, -0.1) is 0 Å². The van der Waals surface area contributed by atoms with Crippen LogP contribution in [0, 0.1) is 12.7 Å². The highest BCUT2D eigenvalue weighted by Crippen LogP contribution is 2.28. The second kappa shape index (κ2) is 9.74. The Bertz CT molecular complexity index is 423. The number of hydrogen-bond acceptors (Lipinski definition) is 3. The molecule has 0 saturated carbocycles. The summed E-state index contributed by atoms with van der Waals surface area (Å²) in [4.78, 5) is 0. The summed E-state index contributed by atoms with van der Waals surface area (Å²) in [5.74, 6) is 0.551. The molecular formula is C17H28FNO2. The number of ether oxygens (including phenoxy) is 2. The monoisotopic (exact) mass is 297 g/mol. The third-order valence-corrected chi connectivity index (χ3v) is 3.29. The van der Waals surface area contributed by atoms with Gasteiger partial charge >= 0.3 is 0 Å². The predicted octanol–water partition coefficient (Wildman–Crippen LogP) is 4.00. The topological polar surface area (TPSA) is 30.5 Å². The largest absolute Gasteiger partial charge is 0.491 e. The fraction of sp³-hybridized carbons (Fsp3) is 0.647. The van der Waals surface area contributed by atoms with Crippen LogP contribution in [0.5, 0.6) is 5.75 Å². The minimum Gasteiger partial charge on any atom is -0.491 e. The van der Waals surface area contributed by atoms with Crippen LogP contribution in [0.2, 0.25) is 0 Å². The minimum absolute atomic E-state index is 0.0617. The molecule has 0 saturated heterocycles. The van der Waals surface area contributed by atoms with E-state index in [1.807, 2.05) is 6.92 Å². The highest BCUT2D eigenvalue weighted by atomic mass is 19.1. The summed E-state index contributed by atoms with van der Waals surface area (Å²) >= 11 is 0. The Morgan fingerprint density at radius 2 is 1.90 bits per heavy atom. The summed E-state index contributed by atoms with van der Waals surface area (Å²) in [5.41, 5.74) is 1.47. The molecule has 1 rings (SSSR count). The molecule has 4 heteroatoms. The molecule has 0 spiro atoms. The molecule has 0 aromatic heterocycles. The Balaban J connectivity index is 2.72. The van der Waals surface area contributed by atoms with Crippen molar-refractivity contribution < 1.29 is 13.9 Å². The van der Waals surface area contributed by atoms with Crippen LogP contribution in [-0.2, 0) is 4.74 Å². The maximum absolute atomic E-state index is 13.8. The summed E-state index contributed by atoms with van der Waals surface area (Å²) in [7, 11) is 0. The highest BCUT2D eigenvalue weighted by molar-refractivity contribution is 5.40. The normalized spacial score (nSPS) is 12.4. The molecule has 3 nitrogen and oxygen atoms in total. The molecule has 0 heterocycles. The lowest BCUT2D eigenvalue weighted by Crippen LogP contribution is -2.20. The van der Waals surface area contributed by atoms with Gasteiger partial charge in [0.2, 0.25) is 0 Å². The zero-order valence-corrected chi connectivity index (χ0v) is 13.7. The first kappa shape index (κ1) is 17.9. The molecule has 1 aromatic rings. The summed E-state index contributed by atoms with van der Waals surface area (Å²) in [6, 6.07) is 3.41. The van der Waals surface area contributed by atoms with Crippen molar-refractivity contribution >= 4 is 0 Å². The fourth-order valence-corrected chi connectivity index (χ4v) is 2.06. The van der Waals surface area contributed by atoms with Crippen LogP contribution < -0.4 is 10.1 Å². The maximum atomic E-state index is 13.8. The van der Waals surface area contributed by atoms with Gasteiger partial charge in [0.1, 0.15) is 18.2 Å². The molecule has 1 N–H and O–H groups in total. The average Bonchev–Trinajstić information content (AvgIpc) is 2.47. The Labute approximate surface area is 127 Å². The quantitative estimate of drug-likeness (QED) is 0.662. The van der Waals surface area contributed by atoms with E-state index in [4.69, 9.17) is 9.47 Å². The van der Waals surface area contributed by atoms with Crippen LogP contribution in [0.3, 0.4) is 0 Å². The van der Waals surface area contributed by atoms with E-state index in [-0.39, 0.29) is 11.9 Å². The molecule has 0 bridgehead atoms. The van der Waals surface area contributed by atoms with Crippen molar-refractivity contribution in [2.45, 2.75) is 46.6 Å². The number of rotatable bonds is 10. The minimum atomic E-state index is -0.190. The van der Waals surface area contributed by atoms with E-state index >= 15 is 0 Å². The third-order valence-electron chi connectivity index (χ3n) is 3.29. The van der Waals surface area contributed by atoms with Gasteiger partial charge in [-0.1, -0.05) is 13.8 Å². The smallest absolute Gasteiger partial charge is 0.126 e. The highest BCUT2D eigenvalue weighted by Gasteiger charge is 2.14. The van der Waals surface area contributed by atoms with Crippen molar-refractivity contribution in [1.29, 1.82) is 0 Å². The first-order valence-corrected chi connectivity index (χ1v) is 7.84. The van der Waals surface area contributed by atoms with Crippen molar-refractivity contribution in [1.82, 2.24) is 5.32 Å². The van der Waals surface area contributed by atoms with E-state index in [1.165, 1.54) is 0 Å². The van der Waals surface area contributed by atoms with Gasteiger partial charge in [-0.2, -0.15) is 0 Å². The van der Waals surface area contributed by atoms with Crippen molar-refractivity contribution in [2.24, 2.45) is 0 Å². The van der Waals surface area contributed by atoms with Crippen molar-refractivity contribution in [2.75, 3.05) is 26.4 Å². The molecule has 0 fully saturated rings. The average molecular weight is 297 g/mol. The molecule has 1 unspecified atom stereocenters. The maximum Gasteiger partial charge on any atom is 0.126 e. The van der Waals surface area contributed by atoms with E-state index in [0.717, 1.165) is 37.3 Å². The molecule has 1 aromatic carbocycles. The van der Waals surface area contributed by atoms with Crippen molar-refractivity contribution in [3.05, 3.63) is 29.1 Å². The molecule has 21 heavy (non-hydrogen) atoms. The number of aryl methyl sites for hydroxylation is 1. The van der Waals surface area contributed by atoms with Crippen LogP contribution >= 0.6 is 0 Å². The lowest BCUT2D eigenvalue weighted by atomic mass is 10.0. The Morgan fingerprint density at radius 3 is 2.57 bits per heavy atom. The van der Waals surface area contributed by atoms with Gasteiger partial charge in [0.05, 0.1) is 6.61 Å². The van der Waals surface area contributed by atoms with Gasteiger partial charge in [-0.05, 0) is 50.9 Å². The molecule has 0 amide bonds. The van der Waals surface area contributed by atoms with Gasteiger partial charge in [-0.3, -0.25) is 0 Å². The van der Waals surface area contributed by atoms with E-state index in [0.29, 0.717) is 18.8 Å². The van der Waals surface area contributed by atoms with Gasteiger partial charge in [0.25, 0.3) is 0 Å². The molecule has 0 aliphatic heterocycles. The van der Waals surface area contributed by atoms with E-state index in [2.05, 4.69) is 19.2 Å². The molecule has 0 aliphatic carbocycles. The van der Waals surface area contributed by atoms with Gasteiger partial charge in [0.15, 0.2) is 0 Å². The van der Waals surface area contributed by atoms with Crippen LogP contribution in [0.15, 0.2) is 12.1 Å². The lowest BCUT2D eigenvalue weighted by Gasteiger charge is -2.19. The zero-order chi connectivity index (χ0) is 15.7. The molecule has 0 aliphatic rings. The van der Waals surface area contributed by atoms with Gasteiger partial charge in [-0.25, -0.2) is 4.39 Å². The number of nitrogens with one attached hydrogen (secondary N) is 1. The lowest BCUT2D eigenvalue weighted by molar-refractivity contribution is 0.100. The van der Waals surface area contributed by atoms with E-state index in [9.17, 15) is 4.39 Å². The van der Waals surface area contributed by atoms with Crippen molar-refractivity contribution in [3.63, 3.8) is 0 Å². The molecule has 120 valence electrons. The Kier molecular flexibility index (Phi) is 8.31. The van der Waals surface area contributed by atoms with Crippen LogP contribution in [-0.4, -0.2) is 26.4 Å². The summed E-state index contributed by atoms with van der Waals surface area (Å²) in [5, 5.41) is 3.37. The Morgan fingerprint density at radius 1 is 1.14 bits per heavy atom. The zero-order valence-electron chi connectivity index (χ0n) is 13.7. The van der Waals surface area contributed by atoms with E-state index in [1.54, 1.807) is 19.1 Å². The van der Waals surface area contributed by atoms with Crippen molar-refractivity contribution in [3.8, 4) is 5.75 Å². The predicted molar refractivity (Wildman–Crippen MR) is 84.5 cm³/mol.